The van der Waals surface area contributed by atoms with Crippen molar-refractivity contribution in [1.82, 2.24) is 0 Å². The predicted octanol–water partition coefficient (Wildman–Crippen LogP) is 7.90. The second-order valence-corrected chi connectivity index (χ2v) is 15.3. The Labute approximate surface area is 330 Å². The highest BCUT2D eigenvalue weighted by atomic mass is 31.2. The molecule has 0 spiro atoms. The number of rotatable bonds is 35. The number of carbonyl (C=O) groups is 2. The molecule has 12 nitrogen and oxygen atoms in total. The third kappa shape index (κ3) is 36.7. The summed E-state index contributed by atoms with van der Waals surface area (Å²) in [6, 6.07) is 0. The Morgan fingerprint density at radius 1 is 0.691 bits per heavy atom. The molecule has 13 heteroatoms. The van der Waals surface area contributed by atoms with Gasteiger partial charge in [-0.25, -0.2) is 4.57 Å². The summed E-state index contributed by atoms with van der Waals surface area (Å²) in [5, 5.41) is 38.2. The standard InChI is InChI=1S/C42H71O12P/c1-4-5-18-26-37(44)27-20-14-10-8-11-15-21-28-38(45)29-22-17-24-30-41(47)51-34-40(35-53-55(49,50)52-33-39(46)32-43)54-42(48)31-23-16-12-7-6-9-13-19-25-36(2)3/h5,10-11,14-15,18,20-22,27-29,36-40,43-46H,4,6-9,12-13,16-17,19,23-26,30-35H2,1-3H3,(H,49,50)/b14-10-,15-11-,18-5-,27-20+,28-21+,29-22-/t37-,38-,39+,40-/m1/s1. The molecule has 0 aromatic carbocycles. The molecule has 55 heavy (non-hydrogen) atoms. The monoisotopic (exact) mass is 798 g/mol. The van der Waals surface area contributed by atoms with Crippen LogP contribution in [-0.4, -0.2) is 88.1 Å². The van der Waals surface area contributed by atoms with Crippen molar-refractivity contribution in [1.29, 1.82) is 0 Å². The van der Waals surface area contributed by atoms with Crippen molar-refractivity contribution in [3.05, 3.63) is 72.9 Å². The number of allylic oxidation sites excluding steroid dienone is 8. The maximum absolute atomic E-state index is 12.5. The van der Waals surface area contributed by atoms with Gasteiger partial charge >= 0.3 is 19.8 Å². The average molecular weight is 799 g/mol. The molecule has 0 aliphatic heterocycles. The van der Waals surface area contributed by atoms with Crippen molar-refractivity contribution in [2.75, 3.05) is 26.4 Å². The molecule has 0 aromatic rings. The lowest BCUT2D eigenvalue weighted by Crippen LogP contribution is -2.29. The van der Waals surface area contributed by atoms with Crippen LogP contribution in [0, 0.1) is 5.92 Å². The lowest BCUT2D eigenvalue weighted by molar-refractivity contribution is -0.161. The Kier molecular flexibility index (Phi) is 34.0. The van der Waals surface area contributed by atoms with E-state index < -0.39 is 70.6 Å². The molecule has 0 saturated carbocycles. The van der Waals surface area contributed by atoms with Crippen LogP contribution < -0.4 is 0 Å². The SMILES string of the molecule is CC/C=C\C[C@@H](O)/C=C/C=C\C/C=C\C=C\[C@@H](O)/C=C\CCCC(=O)OC[C@H](COP(=O)(O)OC[C@@H](O)CO)OC(=O)CCCCCCCCCCC(C)C. The number of ether oxygens (including phenoxy) is 2. The number of unbranched alkanes of at least 4 members (excludes halogenated alkanes) is 8. The first-order valence-electron chi connectivity index (χ1n) is 20.0. The molecular formula is C42H71O12P. The van der Waals surface area contributed by atoms with Crippen LogP contribution in [0.25, 0.3) is 0 Å². The zero-order valence-corrected chi connectivity index (χ0v) is 34.4. The number of aliphatic hydroxyl groups excluding tert-OH is 4. The molecule has 0 aliphatic carbocycles. The molecule has 0 fully saturated rings. The second-order valence-electron chi connectivity index (χ2n) is 13.8. The summed E-state index contributed by atoms with van der Waals surface area (Å²) in [4.78, 5) is 34.8. The molecule has 316 valence electrons. The maximum Gasteiger partial charge on any atom is 0.472 e. The molecule has 0 saturated heterocycles. The third-order valence-corrected chi connectivity index (χ3v) is 8.93. The predicted molar refractivity (Wildman–Crippen MR) is 217 cm³/mol. The van der Waals surface area contributed by atoms with E-state index in [4.69, 9.17) is 19.1 Å². The van der Waals surface area contributed by atoms with E-state index in [-0.39, 0.29) is 12.8 Å². The van der Waals surface area contributed by atoms with E-state index >= 15 is 0 Å². The van der Waals surface area contributed by atoms with Gasteiger partial charge in [0.15, 0.2) is 6.10 Å². The molecule has 0 heterocycles. The fourth-order valence-corrected chi connectivity index (χ4v) is 5.65. The van der Waals surface area contributed by atoms with Crippen molar-refractivity contribution in [3.63, 3.8) is 0 Å². The number of hydrogen-bond donors (Lipinski definition) is 5. The normalized spacial score (nSPS) is 15.9. The van der Waals surface area contributed by atoms with Crippen LogP contribution in [0.3, 0.4) is 0 Å². The minimum atomic E-state index is -4.66. The molecule has 0 aromatic heterocycles. The molecule has 0 aliphatic rings. The molecule has 0 radical (unpaired) electrons. The van der Waals surface area contributed by atoms with Gasteiger partial charge in [0, 0.05) is 12.8 Å². The summed E-state index contributed by atoms with van der Waals surface area (Å²) in [5.41, 5.74) is 0. The van der Waals surface area contributed by atoms with Crippen LogP contribution in [0.15, 0.2) is 72.9 Å². The zero-order valence-electron chi connectivity index (χ0n) is 33.5. The number of carbonyl (C=O) groups excluding carboxylic acids is 2. The molecule has 0 bridgehead atoms. The minimum Gasteiger partial charge on any atom is -0.462 e. The van der Waals surface area contributed by atoms with Gasteiger partial charge in [0.05, 0.1) is 32.0 Å². The Morgan fingerprint density at radius 2 is 1.31 bits per heavy atom. The van der Waals surface area contributed by atoms with Gasteiger partial charge in [-0.1, -0.05) is 145 Å². The van der Waals surface area contributed by atoms with E-state index in [1.54, 1.807) is 30.4 Å². The topological polar surface area (TPSA) is 189 Å². The highest BCUT2D eigenvalue weighted by Gasteiger charge is 2.27. The molecule has 0 amide bonds. The van der Waals surface area contributed by atoms with Crippen molar-refractivity contribution in [2.24, 2.45) is 5.92 Å². The highest BCUT2D eigenvalue weighted by molar-refractivity contribution is 7.47. The van der Waals surface area contributed by atoms with E-state index in [1.165, 1.54) is 32.1 Å². The summed E-state index contributed by atoms with van der Waals surface area (Å²) in [6.07, 6.45) is 31.1. The number of phosphoric acid groups is 1. The van der Waals surface area contributed by atoms with Gasteiger partial charge in [0.25, 0.3) is 0 Å². The maximum atomic E-state index is 12.5. The van der Waals surface area contributed by atoms with Crippen LogP contribution >= 0.6 is 7.82 Å². The first-order valence-corrected chi connectivity index (χ1v) is 21.5. The summed E-state index contributed by atoms with van der Waals surface area (Å²) in [6.45, 7) is 4.19. The van der Waals surface area contributed by atoms with E-state index in [0.29, 0.717) is 32.1 Å². The largest absolute Gasteiger partial charge is 0.472 e. The second kappa shape index (κ2) is 35.7. The smallest absolute Gasteiger partial charge is 0.462 e. The first-order chi connectivity index (χ1) is 26.4. The quantitative estimate of drug-likeness (QED) is 0.0137. The van der Waals surface area contributed by atoms with Crippen molar-refractivity contribution in [2.45, 2.75) is 148 Å². The van der Waals surface area contributed by atoms with Crippen LogP contribution in [-0.2, 0) is 32.7 Å². The average Bonchev–Trinajstić information content (AvgIpc) is 3.14. The van der Waals surface area contributed by atoms with E-state index in [9.17, 15) is 34.4 Å². The summed E-state index contributed by atoms with van der Waals surface area (Å²) >= 11 is 0. The number of phosphoric ester groups is 1. The number of esters is 2. The Hall–Kier alpha value is -2.67. The van der Waals surface area contributed by atoms with Gasteiger partial charge in [-0.15, -0.1) is 0 Å². The first kappa shape index (κ1) is 52.3. The van der Waals surface area contributed by atoms with Crippen molar-refractivity contribution >= 4 is 19.8 Å². The highest BCUT2D eigenvalue weighted by Crippen LogP contribution is 2.43. The van der Waals surface area contributed by atoms with Crippen molar-refractivity contribution in [3.8, 4) is 0 Å². The van der Waals surface area contributed by atoms with Crippen LogP contribution in [0.5, 0.6) is 0 Å². The molecular weight excluding hydrogens is 727 g/mol. The van der Waals surface area contributed by atoms with Crippen LogP contribution in [0.2, 0.25) is 0 Å². The fraction of sp³-hybridized carbons (Fsp3) is 0.667. The van der Waals surface area contributed by atoms with Gasteiger partial charge in [0.1, 0.15) is 12.7 Å². The zero-order chi connectivity index (χ0) is 41.0. The lowest BCUT2D eigenvalue weighted by Gasteiger charge is -2.20. The van der Waals surface area contributed by atoms with Gasteiger partial charge in [-0.05, 0) is 44.4 Å². The van der Waals surface area contributed by atoms with Gasteiger partial charge in [-0.3, -0.25) is 18.6 Å². The lowest BCUT2D eigenvalue weighted by atomic mass is 10.0. The summed E-state index contributed by atoms with van der Waals surface area (Å²) in [7, 11) is -4.66. The van der Waals surface area contributed by atoms with Gasteiger partial charge < -0.3 is 34.8 Å². The summed E-state index contributed by atoms with van der Waals surface area (Å²) < 4.78 is 32.4. The van der Waals surface area contributed by atoms with Gasteiger partial charge in [0.2, 0.25) is 0 Å². The van der Waals surface area contributed by atoms with Crippen LogP contribution in [0.4, 0.5) is 0 Å². The Bertz CT molecular complexity index is 1190. The molecule has 0 rings (SSSR count). The number of aliphatic hydroxyl groups is 4. The Morgan fingerprint density at radius 3 is 1.96 bits per heavy atom. The number of hydrogen-bond acceptors (Lipinski definition) is 11. The fourth-order valence-electron chi connectivity index (χ4n) is 4.86. The van der Waals surface area contributed by atoms with Gasteiger partial charge in [-0.2, -0.15) is 0 Å². The van der Waals surface area contributed by atoms with E-state index in [2.05, 4.69) is 18.4 Å². The van der Waals surface area contributed by atoms with Crippen molar-refractivity contribution < 1.29 is 58.0 Å². The van der Waals surface area contributed by atoms with E-state index in [0.717, 1.165) is 31.6 Å². The Balaban J connectivity index is 4.60. The van der Waals surface area contributed by atoms with Crippen LogP contribution in [0.1, 0.15) is 124 Å². The molecule has 5 atom stereocenters. The van der Waals surface area contributed by atoms with E-state index in [1.807, 2.05) is 49.5 Å². The summed E-state index contributed by atoms with van der Waals surface area (Å²) in [5.74, 6) is -0.380. The minimum absolute atomic E-state index is 0.0521. The third-order valence-electron chi connectivity index (χ3n) is 7.98. The molecule has 5 N–H and O–H groups in total. The molecule has 1 unspecified atom stereocenters.